The van der Waals surface area contributed by atoms with Crippen LogP contribution in [0.2, 0.25) is 0 Å². The maximum Gasteiger partial charge on any atom is 0.293 e. The van der Waals surface area contributed by atoms with Crippen molar-refractivity contribution >= 4 is 29.0 Å². The van der Waals surface area contributed by atoms with E-state index < -0.39 is 0 Å². The quantitative estimate of drug-likeness (QED) is 0.436. The van der Waals surface area contributed by atoms with Crippen molar-refractivity contribution in [1.29, 1.82) is 5.26 Å². The first kappa shape index (κ1) is 20.7. The third kappa shape index (κ3) is 5.27. The summed E-state index contributed by atoms with van der Waals surface area (Å²) in [5.74, 6) is 0.451. The van der Waals surface area contributed by atoms with Crippen LogP contribution in [0.3, 0.4) is 0 Å². The smallest absolute Gasteiger partial charge is 0.293 e. The van der Waals surface area contributed by atoms with Crippen molar-refractivity contribution in [2.24, 2.45) is 0 Å². The van der Waals surface area contributed by atoms with E-state index in [4.69, 9.17) is 10.00 Å². The fourth-order valence-corrected chi connectivity index (χ4v) is 3.81. The second-order valence-electron chi connectivity index (χ2n) is 6.67. The number of unbranched alkanes of at least 4 members (excludes halogenated alkanes) is 2. The molecule has 1 fully saturated rings. The topological polar surface area (TPSA) is 70.4 Å². The van der Waals surface area contributed by atoms with Gasteiger partial charge in [-0.3, -0.25) is 14.5 Å². The van der Waals surface area contributed by atoms with Gasteiger partial charge in [0.1, 0.15) is 12.4 Å². The van der Waals surface area contributed by atoms with Gasteiger partial charge in [0.05, 0.1) is 16.5 Å². The van der Waals surface area contributed by atoms with E-state index in [0.717, 1.165) is 42.2 Å². The molecule has 6 heteroatoms. The predicted molar refractivity (Wildman–Crippen MR) is 114 cm³/mol. The van der Waals surface area contributed by atoms with E-state index in [-0.39, 0.29) is 11.1 Å². The number of nitriles is 1. The Bertz CT molecular complexity index is 961. The lowest BCUT2D eigenvalue weighted by Gasteiger charge is -2.11. The Morgan fingerprint density at radius 1 is 1.10 bits per heavy atom. The zero-order valence-electron chi connectivity index (χ0n) is 16.3. The Morgan fingerprint density at radius 2 is 1.86 bits per heavy atom. The van der Waals surface area contributed by atoms with Crippen molar-refractivity contribution in [3.05, 3.63) is 70.1 Å². The highest BCUT2D eigenvalue weighted by Gasteiger charge is 2.34. The first-order valence-corrected chi connectivity index (χ1v) is 10.4. The molecule has 0 bridgehead atoms. The SMILES string of the molecule is CCCCCN1C(=O)S/C(=C\c2ccc(OCc3ccccc3C#N)cc2)C1=O. The number of benzene rings is 2. The molecule has 0 aliphatic carbocycles. The van der Waals surface area contributed by atoms with E-state index in [1.54, 1.807) is 12.1 Å². The molecule has 1 aliphatic heterocycles. The maximum absolute atomic E-state index is 12.5. The molecule has 1 saturated heterocycles. The maximum atomic E-state index is 12.5. The normalized spacial score (nSPS) is 15.0. The minimum Gasteiger partial charge on any atom is -0.489 e. The zero-order chi connectivity index (χ0) is 20.6. The average molecular weight is 407 g/mol. The molecule has 0 spiro atoms. The van der Waals surface area contributed by atoms with Crippen molar-refractivity contribution < 1.29 is 14.3 Å². The van der Waals surface area contributed by atoms with Crippen LogP contribution >= 0.6 is 11.8 Å². The van der Waals surface area contributed by atoms with Crippen LogP contribution in [-0.4, -0.2) is 22.6 Å². The summed E-state index contributed by atoms with van der Waals surface area (Å²) in [7, 11) is 0. The molecule has 1 aliphatic rings. The molecule has 29 heavy (non-hydrogen) atoms. The summed E-state index contributed by atoms with van der Waals surface area (Å²) in [4.78, 5) is 26.3. The molecule has 0 radical (unpaired) electrons. The minimum absolute atomic E-state index is 0.200. The first-order valence-electron chi connectivity index (χ1n) is 9.58. The van der Waals surface area contributed by atoms with E-state index in [1.807, 2.05) is 42.5 Å². The molecule has 2 aromatic rings. The number of hydrogen-bond donors (Lipinski definition) is 0. The van der Waals surface area contributed by atoms with Gasteiger partial charge in [-0.2, -0.15) is 5.26 Å². The largest absolute Gasteiger partial charge is 0.489 e. The molecule has 5 nitrogen and oxygen atoms in total. The van der Waals surface area contributed by atoms with Gasteiger partial charge in [0.2, 0.25) is 0 Å². The standard InChI is InChI=1S/C23H22N2O3S/c1-2-3-6-13-25-22(26)21(29-23(25)27)14-17-9-11-20(12-10-17)28-16-19-8-5-4-7-18(19)15-24/h4-5,7-12,14H,2-3,6,13,16H2,1H3/b21-14-. The van der Waals surface area contributed by atoms with Gasteiger partial charge < -0.3 is 4.74 Å². The van der Waals surface area contributed by atoms with Gasteiger partial charge in [-0.05, 0) is 48.0 Å². The molecule has 0 N–H and O–H groups in total. The lowest BCUT2D eigenvalue weighted by Crippen LogP contribution is -2.29. The molecule has 0 aromatic heterocycles. The van der Waals surface area contributed by atoms with Crippen LogP contribution in [0.15, 0.2) is 53.4 Å². The molecule has 2 amide bonds. The van der Waals surface area contributed by atoms with E-state index in [9.17, 15) is 9.59 Å². The summed E-state index contributed by atoms with van der Waals surface area (Å²) in [5, 5.41) is 8.94. The molecule has 2 aromatic carbocycles. The molecule has 0 unspecified atom stereocenters. The third-order valence-corrected chi connectivity index (χ3v) is 5.48. The van der Waals surface area contributed by atoms with Crippen LogP contribution < -0.4 is 4.74 Å². The monoisotopic (exact) mass is 406 g/mol. The number of amides is 2. The number of thioether (sulfide) groups is 1. The minimum atomic E-state index is -0.218. The summed E-state index contributed by atoms with van der Waals surface area (Å²) in [6.07, 6.45) is 4.62. The zero-order valence-corrected chi connectivity index (χ0v) is 17.1. The number of carbonyl (C=O) groups is 2. The van der Waals surface area contributed by atoms with Gasteiger partial charge in [0.25, 0.3) is 11.1 Å². The molecule has 0 saturated carbocycles. The molecule has 0 atom stereocenters. The Balaban J connectivity index is 1.62. The second kappa shape index (κ2) is 9.94. The second-order valence-corrected chi connectivity index (χ2v) is 7.66. The van der Waals surface area contributed by atoms with Gasteiger partial charge >= 0.3 is 0 Å². The number of hydrogen-bond acceptors (Lipinski definition) is 5. The lowest BCUT2D eigenvalue weighted by molar-refractivity contribution is -0.122. The van der Waals surface area contributed by atoms with Crippen molar-refractivity contribution in [2.45, 2.75) is 32.8 Å². The lowest BCUT2D eigenvalue weighted by atomic mass is 10.1. The van der Waals surface area contributed by atoms with Gasteiger partial charge in [0.15, 0.2) is 0 Å². The van der Waals surface area contributed by atoms with Crippen molar-refractivity contribution in [1.82, 2.24) is 4.90 Å². The summed E-state index contributed by atoms with van der Waals surface area (Å²) >= 11 is 0.987. The Morgan fingerprint density at radius 3 is 2.59 bits per heavy atom. The van der Waals surface area contributed by atoms with Crippen LogP contribution in [0, 0.1) is 11.3 Å². The fraction of sp³-hybridized carbons (Fsp3) is 0.261. The predicted octanol–water partition coefficient (Wildman–Crippen LogP) is 5.36. The Labute approximate surface area is 175 Å². The first-order chi connectivity index (χ1) is 14.1. The molecule has 1 heterocycles. The number of nitrogens with zero attached hydrogens (tertiary/aromatic N) is 2. The van der Waals surface area contributed by atoms with Crippen molar-refractivity contribution in [2.75, 3.05) is 6.54 Å². The van der Waals surface area contributed by atoms with Crippen LogP contribution in [0.5, 0.6) is 5.75 Å². The number of rotatable bonds is 8. The average Bonchev–Trinajstić information content (AvgIpc) is 3.01. The van der Waals surface area contributed by atoms with Crippen LogP contribution in [0.1, 0.15) is 42.9 Å². The number of ether oxygens (including phenoxy) is 1. The van der Waals surface area contributed by atoms with Crippen LogP contribution in [-0.2, 0) is 11.4 Å². The Kier molecular flexibility index (Phi) is 7.09. The summed E-state index contributed by atoms with van der Waals surface area (Å²) in [6, 6.07) is 16.8. The molecule has 148 valence electrons. The van der Waals surface area contributed by atoms with Crippen molar-refractivity contribution in [3.63, 3.8) is 0 Å². The highest BCUT2D eigenvalue weighted by Crippen LogP contribution is 2.32. The van der Waals surface area contributed by atoms with E-state index >= 15 is 0 Å². The van der Waals surface area contributed by atoms with Gasteiger partial charge in [-0.1, -0.05) is 50.1 Å². The highest BCUT2D eigenvalue weighted by molar-refractivity contribution is 8.18. The fourth-order valence-electron chi connectivity index (χ4n) is 2.94. The van der Waals surface area contributed by atoms with Crippen molar-refractivity contribution in [3.8, 4) is 11.8 Å². The highest BCUT2D eigenvalue weighted by atomic mass is 32.2. The molecular formula is C23H22N2O3S. The number of carbonyl (C=O) groups excluding carboxylic acids is 2. The molecule has 3 rings (SSSR count). The van der Waals surface area contributed by atoms with E-state index in [2.05, 4.69) is 13.0 Å². The molecular weight excluding hydrogens is 384 g/mol. The summed E-state index contributed by atoms with van der Waals surface area (Å²) in [5.41, 5.74) is 2.25. The van der Waals surface area contributed by atoms with Gasteiger partial charge in [-0.15, -0.1) is 0 Å². The third-order valence-electron chi connectivity index (χ3n) is 4.57. The summed E-state index contributed by atoms with van der Waals surface area (Å²) < 4.78 is 5.76. The van der Waals surface area contributed by atoms with E-state index in [0.29, 0.717) is 29.4 Å². The van der Waals surface area contributed by atoms with E-state index in [1.165, 1.54) is 4.90 Å². The summed E-state index contributed by atoms with van der Waals surface area (Å²) in [6.45, 7) is 2.87. The van der Waals surface area contributed by atoms with Crippen LogP contribution in [0.4, 0.5) is 4.79 Å². The van der Waals surface area contributed by atoms with Gasteiger partial charge in [0, 0.05) is 12.1 Å². The van der Waals surface area contributed by atoms with Crippen LogP contribution in [0.25, 0.3) is 6.08 Å². The Hall–Kier alpha value is -3.04. The number of imide groups is 1. The van der Waals surface area contributed by atoms with Gasteiger partial charge in [-0.25, -0.2) is 0 Å².